The van der Waals surface area contributed by atoms with Gasteiger partial charge in [0.25, 0.3) is 0 Å². The zero-order valence-corrected chi connectivity index (χ0v) is 20.6. The van der Waals surface area contributed by atoms with Crippen molar-refractivity contribution in [1.82, 2.24) is 9.91 Å². The van der Waals surface area contributed by atoms with Crippen molar-refractivity contribution < 1.29 is 14.3 Å². The van der Waals surface area contributed by atoms with Crippen LogP contribution in [-0.4, -0.2) is 60.7 Å². The molecular formula is C28H36N4O3. The van der Waals surface area contributed by atoms with Gasteiger partial charge in [-0.25, -0.2) is 0 Å². The summed E-state index contributed by atoms with van der Waals surface area (Å²) in [7, 11) is 0. The molecule has 0 spiro atoms. The molecule has 1 unspecified atom stereocenters. The van der Waals surface area contributed by atoms with E-state index in [1.54, 1.807) is 0 Å². The number of nitrogens with zero attached hydrogens (tertiary/aromatic N) is 3. The molecule has 1 saturated heterocycles. The number of benzene rings is 2. The van der Waals surface area contributed by atoms with E-state index < -0.39 is 0 Å². The molecule has 2 N–H and O–H groups in total. The van der Waals surface area contributed by atoms with E-state index in [4.69, 9.17) is 10.5 Å². The van der Waals surface area contributed by atoms with Crippen molar-refractivity contribution in [1.29, 1.82) is 0 Å². The molecule has 2 heterocycles. The Morgan fingerprint density at radius 2 is 1.80 bits per heavy atom. The molecule has 0 aliphatic carbocycles. The number of rotatable bonds is 9. The van der Waals surface area contributed by atoms with Crippen LogP contribution in [0.2, 0.25) is 0 Å². The van der Waals surface area contributed by atoms with Gasteiger partial charge in [0.05, 0.1) is 25.5 Å². The molecule has 0 amide bonds. The van der Waals surface area contributed by atoms with Crippen molar-refractivity contribution >= 4 is 18.0 Å². The number of unbranched alkanes of at least 4 members (excludes halogenated alkanes) is 1. The fraction of sp³-hybridized carbons (Fsp3) is 0.464. The third-order valence-corrected chi connectivity index (χ3v) is 6.75. The standard InChI is InChI=1S/C28H36N4O3/c1-2-3-17-35-26(33)20-31-16-13-23-18-24(11-12-25(23)28(31)29)27(34)22-9-7-21(8-10-22)19-30-32-14-5-4-6-15-32/h7-12,18-19,28H,2-6,13-17,20,29H2,1H3. The zero-order chi connectivity index (χ0) is 24.6. The number of ether oxygens (including phenoxy) is 1. The molecule has 1 atom stereocenters. The van der Waals surface area contributed by atoms with Gasteiger partial charge in [-0.3, -0.25) is 19.5 Å². The predicted octanol–water partition coefficient (Wildman–Crippen LogP) is 3.90. The highest BCUT2D eigenvalue weighted by Crippen LogP contribution is 2.27. The Labute approximate surface area is 207 Å². The molecule has 0 aromatic heterocycles. The van der Waals surface area contributed by atoms with E-state index in [1.807, 2.05) is 53.6 Å². The number of hydrazone groups is 1. The Kier molecular flexibility index (Phi) is 8.66. The van der Waals surface area contributed by atoms with Crippen LogP contribution in [0.4, 0.5) is 0 Å². The predicted molar refractivity (Wildman–Crippen MR) is 137 cm³/mol. The average Bonchev–Trinajstić information content (AvgIpc) is 2.89. The van der Waals surface area contributed by atoms with Gasteiger partial charge in [0.15, 0.2) is 5.78 Å². The van der Waals surface area contributed by atoms with Crippen LogP contribution >= 0.6 is 0 Å². The van der Waals surface area contributed by atoms with Gasteiger partial charge in [-0.15, -0.1) is 0 Å². The molecule has 4 rings (SSSR count). The zero-order valence-electron chi connectivity index (χ0n) is 20.6. The Hall–Kier alpha value is -3.03. The maximum absolute atomic E-state index is 13.1. The lowest BCUT2D eigenvalue weighted by Crippen LogP contribution is -2.43. The summed E-state index contributed by atoms with van der Waals surface area (Å²) in [5.74, 6) is -0.253. The number of carbonyl (C=O) groups is 2. The van der Waals surface area contributed by atoms with Gasteiger partial charge < -0.3 is 10.5 Å². The second-order valence-electron chi connectivity index (χ2n) is 9.36. The first-order valence-electron chi connectivity index (χ1n) is 12.8. The lowest BCUT2D eigenvalue weighted by Gasteiger charge is -2.34. The minimum atomic E-state index is -0.389. The molecular weight excluding hydrogens is 440 g/mol. The summed E-state index contributed by atoms with van der Waals surface area (Å²) < 4.78 is 5.28. The molecule has 1 fully saturated rings. The second-order valence-corrected chi connectivity index (χ2v) is 9.36. The van der Waals surface area contributed by atoms with Crippen LogP contribution in [0.15, 0.2) is 47.6 Å². The quantitative estimate of drug-likeness (QED) is 0.256. The number of hydrogen-bond donors (Lipinski definition) is 1. The van der Waals surface area contributed by atoms with Crippen LogP contribution in [0.25, 0.3) is 0 Å². The lowest BCUT2D eigenvalue weighted by molar-refractivity contribution is -0.145. The number of carbonyl (C=O) groups excluding carboxylic acids is 2. The normalized spacial score (nSPS) is 18.5. The van der Waals surface area contributed by atoms with Gasteiger partial charge in [-0.05, 0) is 54.9 Å². The van der Waals surface area contributed by atoms with Crippen molar-refractivity contribution in [2.24, 2.45) is 10.8 Å². The molecule has 0 saturated carbocycles. The number of ketones is 1. The monoisotopic (exact) mass is 476 g/mol. The molecule has 7 nitrogen and oxygen atoms in total. The van der Waals surface area contributed by atoms with E-state index in [0.717, 1.165) is 49.0 Å². The minimum absolute atomic E-state index is 0.0113. The largest absolute Gasteiger partial charge is 0.465 e. The average molecular weight is 477 g/mol. The SMILES string of the molecule is CCCCOC(=O)CN1CCc2cc(C(=O)c3ccc(C=NN4CCCCC4)cc3)ccc2C1N. The third-order valence-electron chi connectivity index (χ3n) is 6.75. The van der Waals surface area contributed by atoms with E-state index in [9.17, 15) is 9.59 Å². The Morgan fingerprint density at radius 3 is 2.54 bits per heavy atom. The fourth-order valence-corrected chi connectivity index (χ4v) is 4.60. The first-order valence-corrected chi connectivity index (χ1v) is 12.8. The Balaban J connectivity index is 1.38. The van der Waals surface area contributed by atoms with Crippen molar-refractivity contribution in [3.05, 3.63) is 70.3 Å². The molecule has 0 radical (unpaired) electrons. The molecule has 2 aliphatic heterocycles. The summed E-state index contributed by atoms with van der Waals surface area (Å²) >= 11 is 0. The van der Waals surface area contributed by atoms with Crippen molar-refractivity contribution in [3.63, 3.8) is 0 Å². The van der Waals surface area contributed by atoms with Crippen LogP contribution in [0, 0.1) is 0 Å². The molecule has 2 aliphatic rings. The van der Waals surface area contributed by atoms with Gasteiger partial charge in [0.1, 0.15) is 0 Å². The topological polar surface area (TPSA) is 88.2 Å². The van der Waals surface area contributed by atoms with E-state index in [0.29, 0.717) is 24.3 Å². The van der Waals surface area contributed by atoms with Gasteiger partial charge in [0.2, 0.25) is 0 Å². The maximum atomic E-state index is 13.1. The summed E-state index contributed by atoms with van der Waals surface area (Å²) in [6, 6.07) is 13.3. The van der Waals surface area contributed by atoms with Gasteiger partial charge >= 0.3 is 5.97 Å². The van der Waals surface area contributed by atoms with Crippen LogP contribution in [0.5, 0.6) is 0 Å². The molecule has 186 valence electrons. The highest BCUT2D eigenvalue weighted by Gasteiger charge is 2.27. The molecule has 2 aromatic carbocycles. The van der Waals surface area contributed by atoms with E-state index in [1.165, 1.54) is 19.3 Å². The lowest BCUT2D eigenvalue weighted by atomic mass is 9.92. The third kappa shape index (κ3) is 6.55. The highest BCUT2D eigenvalue weighted by molar-refractivity contribution is 6.09. The van der Waals surface area contributed by atoms with Crippen LogP contribution in [0.1, 0.15) is 77.8 Å². The fourth-order valence-electron chi connectivity index (χ4n) is 4.60. The number of esters is 1. The molecule has 2 aromatic rings. The summed E-state index contributed by atoms with van der Waals surface area (Å²) in [4.78, 5) is 27.2. The van der Waals surface area contributed by atoms with Crippen LogP contribution in [-0.2, 0) is 16.0 Å². The van der Waals surface area contributed by atoms with Crippen LogP contribution < -0.4 is 5.73 Å². The maximum Gasteiger partial charge on any atom is 0.320 e. The molecule has 7 heteroatoms. The first-order chi connectivity index (χ1) is 17.0. The van der Waals surface area contributed by atoms with E-state index >= 15 is 0 Å². The smallest absolute Gasteiger partial charge is 0.320 e. The van der Waals surface area contributed by atoms with Crippen LogP contribution in [0.3, 0.4) is 0 Å². The first kappa shape index (κ1) is 25.1. The van der Waals surface area contributed by atoms with Crippen molar-refractivity contribution in [2.75, 3.05) is 32.8 Å². The van der Waals surface area contributed by atoms with Crippen molar-refractivity contribution in [3.8, 4) is 0 Å². The summed E-state index contributed by atoms with van der Waals surface area (Å²) in [6.07, 6.45) is 7.74. The number of piperidine rings is 1. The van der Waals surface area contributed by atoms with Gasteiger partial charge in [0, 0.05) is 30.8 Å². The minimum Gasteiger partial charge on any atom is -0.465 e. The van der Waals surface area contributed by atoms with Gasteiger partial charge in [-0.2, -0.15) is 5.10 Å². The van der Waals surface area contributed by atoms with Gasteiger partial charge in [-0.1, -0.05) is 49.7 Å². The second kappa shape index (κ2) is 12.1. The van der Waals surface area contributed by atoms with E-state index in [-0.39, 0.29) is 24.5 Å². The Morgan fingerprint density at radius 1 is 1.06 bits per heavy atom. The Bertz CT molecular complexity index is 1040. The summed E-state index contributed by atoms with van der Waals surface area (Å²) in [5.41, 5.74) is 10.7. The molecule has 0 bridgehead atoms. The number of nitrogens with two attached hydrogens (primary N) is 1. The molecule has 35 heavy (non-hydrogen) atoms. The number of fused-ring (bicyclic) bond motifs is 1. The summed E-state index contributed by atoms with van der Waals surface area (Å²) in [5, 5.41) is 6.67. The highest BCUT2D eigenvalue weighted by atomic mass is 16.5. The van der Waals surface area contributed by atoms with E-state index in [2.05, 4.69) is 17.0 Å². The number of hydrogen-bond acceptors (Lipinski definition) is 7. The summed E-state index contributed by atoms with van der Waals surface area (Å²) in [6.45, 7) is 5.36. The van der Waals surface area contributed by atoms with Crippen molar-refractivity contribution in [2.45, 2.75) is 51.6 Å².